The smallest absolute Gasteiger partial charge is 0.243 e. The molecular weight excluding hydrogens is 168 g/mol. The van der Waals surface area contributed by atoms with Crippen LogP contribution in [0.2, 0.25) is 0 Å². The average Bonchev–Trinajstić information content (AvgIpc) is 2.28. The topological polar surface area (TPSA) is 90.6 Å². The molecule has 62 valence electrons. The van der Waals surface area contributed by atoms with E-state index in [0.717, 1.165) is 5.01 Å². The number of nitrogens with one attached hydrogen (secondary N) is 2. The fourth-order valence-electron chi connectivity index (χ4n) is 0.767. The summed E-state index contributed by atoms with van der Waals surface area (Å²) in [6.07, 6.45) is -0.909. The Labute approximate surface area is 68.3 Å². The molecule has 1 saturated heterocycles. The summed E-state index contributed by atoms with van der Waals surface area (Å²) in [5.41, 5.74) is 4.46. The number of aliphatic hydroxyl groups is 1. The standard InChI is InChI=1S/C4H8N4O2S/c5-6-4(11)8-3(10)1-2(9)7-8/h3,10H,1,5H2,(H,6,11)(H,7,9). The van der Waals surface area contributed by atoms with E-state index in [9.17, 15) is 4.79 Å². The SMILES string of the molecule is NNC(=S)N1NC(=O)CC1O. The molecule has 0 bridgehead atoms. The highest BCUT2D eigenvalue weighted by Crippen LogP contribution is 2.05. The highest BCUT2D eigenvalue weighted by atomic mass is 32.1. The number of thiocarbonyl (C=S) groups is 1. The molecule has 1 unspecified atom stereocenters. The second kappa shape index (κ2) is 2.99. The van der Waals surface area contributed by atoms with Crippen LogP contribution >= 0.6 is 12.2 Å². The number of hydrogen-bond acceptors (Lipinski definition) is 4. The zero-order valence-corrected chi connectivity index (χ0v) is 6.39. The Hall–Kier alpha value is -0.920. The molecule has 1 amide bonds. The van der Waals surface area contributed by atoms with Crippen molar-refractivity contribution in [3.05, 3.63) is 0 Å². The molecule has 1 heterocycles. The maximum absolute atomic E-state index is 10.6. The molecular formula is C4H8N4O2S. The fourth-order valence-corrected chi connectivity index (χ4v) is 0.935. The quantitative estimate of drug-likeness (QED) is 0.190. The van der Waals surface area contributed by atoms with Gasteiger partial charge >= 0.3 is 0 Å². The van der Waals surface area contributed by atoms with E-state index in [1.165, 1.54) is 0 Å². The number of aliphatic hydroxyl groups excluding tert-OH is 1. The van der Waals surface area contributed by atoms with Crippen LogP contribution in [0.25, 0.3) is 0 Å². The Morgan fingerprint density at radius 2 is 2.64 bits per heavy atom. The molecule has 0 saturated carbocycles. The molecule has 11 heavy (non-hydrogen) atoms. The van der Waals surface area contributed by atoms with Crippen LogP contribution in [0, 0.1) is 0 Å². The van der Waals surface area contributed by atoms with Crippen LogP contribution in [0.15, 0.2) is 0 Å². The second-order valence-corrected chi connectivity index (χ2v) is 2.43. The van der Waals surface area contributed by atoms with Gasteiger partial charge in [0.2, 0.25) is 11.0 Å². The van der Waals surface area contributed by atoms with Gasteiger partial charge in [-0.2, -0.15) is 0 Å². The maximum Gasteiger partial charge on any atom is 0.243 e. The van der Waals surface area contributed by atoms with Gasteiger partial charge in [-0.3, -0.25) is 15.6 Å². The van der Waals surface area contributed by atoms with Crippen molar-refractivity contribution in [1.29, 1.82) is 0 Å². The lowest BCUT2D eigenvalue weighted by molar-refractivity contribution is -0.120. The molecule has 1 aliphatic heterocycles. The molecule has 0 aliphatic carbocycles. The molecule has 7 heteroatoms. The largest absolute Gasteiger partial charge is 0.371 e. The van der Waals surface area contributed by atoms with E-state index in [1.54, 1.807) is 0 Å². The highest BCUT2D eigenvalue weighted by Gasteiger charge is 2.29. The van der Waals surface area contributed by atoms with Crippen molar-refractivity contribution >= 4 is 23.2 Å². The van der Waals surface area contributed by atoms with Crippen LogP contribution in [-0.2, 0) is 4.79 Å². The summed E-state index contributed by atoms with van der Waals surface area (Å²) in [6, 6.07) is 0. The third-order valence-corrected chi connectivity index (χ3v) is 1.57. The highest BCUT2D eigenvalue weighted by molar-refractivity contribution is 7.80. The number of rotatable bonds is 0. The van der Waals surface area contributed by atoms with Gasteiger partial charge in [0.05, 0.1) is 6.42 Å². The van der Waals surface area contributed by atoms with Crippen LogP contribution in [0.5, 0.6) is 0 Å². The van der Waals surface area contributed by atoms with Gasteiger partial charge in [-0.25, -0.2) is 10.9 Å². The molecule has 5 N–H and O–H groups in total. The minimum Gasteiger partial charge on any atom is -0.371 e. The molecule has 1 aliphatic rings. The van der Waals surface area contributed by atoms with Crippen LogP contribution in [0.1, 0.15) is 6.42 Å². The van der Waals surface area contributed by atoms with Gasteiger partial charge in [0, 0.05) is 0 Å². The van der Waals surface area contributed by atoms with Gasteiger partial charge in [-0.15, -0.1) is 0 Å². The minimum atomic E-state index is -0.925. The second-order valence-electron chi connectivity index (χ2n) is 2.04. The summed E-state index contributed by atoms with van der Waals surface area (Å²) in [5.74, 6) is 4.68. The lowest BCUT2D eigenvalue weighted by Gasteiger charge is -2.20. The fraction of sp³-hybridized carbons (Fsp3) is 0.500. The summed E-state index contributed by atoms with van der Waals surface area (Å²) >= 11 is 4.66. The van der Waals surface area contributed by atoms with Gasteiger partial charge in [-0.05, 0) is 12.2 Å². The summed E-state index contributed by atoms with van der Waals surface area (Å²) in [7, 11) is 0. The first-order valence-electron chi connectivity index (χ1n) is 2.92. The molecule has 0 aromatic rings. The molecule has 1 fully saturated rings. The Kier molecular flexibility index (Phi) is 2.22. The predicted molar refractivity (Wildman–Crippen MR) is 40.5 cm³/mol. The summed E-state index contributed by atoms with van der Waals surface area (Å²) in [5, 5.41) is 10.3. The van der Waals surface area contributed by atoms with Gasteiger partial charge in [-0.1, -0.05) is 0 Å². The van der Waals surface area contributed by atoms with Crippen molar-refractivity contribution in [2.75, 3.05) is 0 Å². The molecule has 0 aromatic carbocycles. The van der Waals surface area contributed by atoms with Gasteiger partial charge in [0.15, 0.2) is 6.23 Å². The molecule has 1 rings (SSSR count). The van der Waals surface area contributed by atoms with Crippen molar-refractivity contribution in [2.45, 2.75) is 12.6 Å². The van der Waals surface area contributed by atoms with Crippen LogP contribution in [-0.4, -0.2) is 27.4 Å². The normalized spacial score (nSPS) is 23.3. The van der Waals surface area contributed by atoms with E-state index in [4.69, 9.17) is 10.9 Å². The Morgan fingerprint density at radius 3 is 3.00 bits per heavy atom. The first kappa shape index (κ1) is 8.18. The van der Waals surface area contributed by atoms with Crippen molar-refractivity contribution in [3.63, 3.8) is 0 Å². The number of carbonyl (C=O) groups is 1. The molecule has 1 atom stereocenters. The van der Waals surface area contributed by atoms with Gasteiger partial charge in [0.1, 0.15) is 0 Å². The minimum absolute atomic E-state index is 0.0157. The molecule has 0 aromatic heterocycles. The summed E-state index contributed by atoms with van der Waals surface area (Å²) in [4.78, 5) is 10.6. The maximum atomic E-state index is 10.6. The summed E-state index contributed by atoms with van der Waals surface area (Å²) in [6.45, 7) is 0. The van der Waals surface area contributed by atoms with E-state index >= 15 is 0 Å². The third kappa shape index (κ3) is 1.56. The van der Waals surface area contributed by atoms with Crippen molar-refractivity contribution in [2.24, 2.45) is 5.84 Å². The zero-order chi connectivity index (χ0) is 8.43. The lowest BCUT2D eigenvalue weighted by atomic mass is 10.4. The zero-order valence-electron chi connectivity index (χ0n) is 5.57. The van der Waals surface area contributed by atoms with E-state index < -0.39 is 6.23 Å². The molecule has 0 radical (unpaired) electrons. The number of carbonyl (C=O) groups excluding carboxylic acids is 1. The predicted octanol–water partition coefficient (Wildman–Crippen LogP) is -2.21. The lowest BCUT2D eigenvalue weighted by Crippen LogP contribution is -2.50. The first-order chi connectivity index (χ1) is 5.15. The van der Waals surface area contributed by atoms with E-state index in [0.29, 0.717) is 0 Å². The van der Waals surface area contributed by atoms with Crippen LogP contribution in [0.3, 0.4) is 0 Å². The van der Waals surface area contributed by atoms with Gasteiger partial charge < -0.3 is 5.11 Å². The Balaban J connectivity index is 2.59. The van der Waals surface area contributed by atoms with E-state index in [1.807, 2.05) is 0 Å². The van der Waals surface area contributed by atoms with Gasteiger partial charge in [0.25, 0.3) is 0 Å². The van der Waals surface area contributed by atoms with Crippen molar-refractivity contribution < 1.29 is 9.90 Å². The van der Waals surface area contributed by atoms with Crippen LogP contribution < -0.4 is 16.7 Å². The Bertz CT molecular complexity index is 197. The third-order valence-electron chi connectivity index (χ3n) is 1.25. The number of hydrazine groups is 2. The van der Waals surface area contributed by atoms with E-state index in [-0.39, 0.29) is 17.4 Å². The summed E-state index contributed by atoms with van der Waals surface area (Å²) < 4.78 is 0. The van der Waals surface area contributed by atoms with Crippen LogP contribution in [0.4, 0.5) is 0 Å². The van der Waals surface area contributed by atoms with E-state index in [2.05, 4.69) is 23.1 Å². The first-order valence-corrected chi connectivity index (χ1v) is 3.33. The van der Waals surface area contributed by atoms with Crippen molar-refractivity contribution in [3.8, 4) is 0 Å². The van der Waals surface area contributed by atoms with Crippen molar-refractivity contribution in [1.82, 2.24) is 15.9 Å². The average molecular weight is 176 g/mol. The number of amides is 1. The molecule has 6 nitrogen and oxygen atoms in total. The number of nitrogens with two attached hydrogens (primary N) is 1. The number of nitrogens with zero attached hydrogens (tertiary/aromatic N) is 1. The molecule has 0 spiro atoms. The number of hydrogen-bond donors (Lipinski definition) is 4. The monoisotopic (exact) mass is 176 g/mol. The Morgan fingerprint density at radius 1 is 2.00 bits per heavy atom.